The minimum Gasteiger partial charge on any atom is -0.299 e. The standard InChI is InChI=1S/C10H14F6NO3PS/c11-9(12,13)6-19-21(18,20-7-10(14,15)16)5-3-1-2-4-17-8-22/h1-7H2. The topological polar surface area (TPSA) is 47.9 Å². The summed E-state index contributed by atoms with van der Waals surface area (Å²) in [4.78, 5) is 3.58. The third-order valence-electron chi connectivity index (χ3n) is 2.12. The molecule has 0 amide bonds. The van der Waals surface area contributed by atoms with Crippen LogP contribution in [-0.4, -0.2) is 43.4 Å². The summed E-state index contributed by atoms with van der Waals surface area (Å²) in [5, 5.41) is 2.10. The van der Waals surface area contributed by atoms with Crippen molar-refractivity contribution in [2.75, 3.05) is 25.9 Å². The van der Waals surface area contributed by atoms with Crippen LogP contribution in [0.15, 0.2) is 4.99 Å². The Hall–Kier alpha value is -0.470. The highest BCUT2D eigenvalue weighted by Gasteiger charge is 2.38. The zero-order valence-electron chi connectivity index (χ0n) is 11.2. The number of rotatable bonds is 10. The summed E-state index contributed by atoms with van der Waals surface area (Å²) in [7, 11) is -4.47. The van der Waals surface area contributed by atoms with Gasteiger partial charge in [0.15, 0.2) is 13.2 Å². The maximum atomic E-state index is 12.0. The van der Waals surface area contributed by atoms with E-state index < -0.39 is 39.3 Å². The van der Waals surface area contributed by atoms with Gasteiger partial charge in [-0.3, -0.25) is 13.6 Å². The Labute approximate surface area is 128 Å². The fraction of sp³-hybridized carbons (Fsp3) is 0.900. The molecule has 0 radical (unpaired) electrons. The van der Waals surface area contributed by atoms with E-state index in [1.165, 1.54) is 0 Å². The van der Waals surface area contributed by atoms with Gasteiger partial charge in [0.1, 0.15) is 0 Å². The number of hydrogen-bond acceptors (Lipinski definition) is 5. The normalized spacial score (nSPS) is 13.0. The molecule has 0 aliphatic rings. The summed E-state index contributed by atoms with van der Waals surface area (Å²) in [5.41, 5.74) is 0. The van der Waals surface area contributed by atoms with Crippen molar-refractivity contribution in [2.45, 2.75) is 31.6 Å². The highest BCUT2D eigenvalue weighted by atomic mass is 32.1. The van der Waals surface area contributed by atoms with Crippen LogP contribution in [0.1, 0.15) is 19.3 Å². The van der Waals surface area contributed by atoms with E-state index in [9.17, 15) is 30.9 Å². The summed E-state index contributed by atoms with van der Waals surface area (Å²) in [6, 6.07) is 0. The summed E-state index contributed by atoms with van der Waals surface area (Å²) in [6.07, 6.45) is -9.26. The van der Waals surface area contributed by atoms with Gasteiger partial charge in [-0.05, 0) is 25.1 Å². The first-order valence-corrected chi connectivity index (χ1v) is 8.16. The number of nitrogens with zero attached hydrogens (tertiary/aromatic N) is 1. The van der Waals surface area contributed by atoms with Crippen LogP contribution in [0.4, 0.5) is 26.3 Å². The van der Waals surface area contributed by atoms with Gasteiger partial charge in [0.25, 0.3) is 0 Å². The minimum absolute atomic E-state index is 0.0694. The van der Waals surface area contributed by atoms with E-state index in [2.05, 4.69) is 31.4 Å². The first-order valence-electron chi connectivity index (χ1n) is 6.03. The number of thiocarbonyl (C=S) groups is 1. The maximum Gasteiger partial charge on any atom is 0.412 e. The lowest BCUT2D eigenvalue weighted by Gasteiger charge is -2.20. The van der Waals surface area contributed by atoms with Gasteiger partial charge < -0.3 is 0 Å². The molecule has 0 saturated heterocycles. The third kappa shape index (κ3) is 13.2. The quantitative estimate of drug-likeness (QED) is 0.184. The minimum atomic E-state index is -4.81. The van der Waals surface area contributed by atoms with Crippen LogP contribution in [0.3, 0.4) is 0 Å². The largest absolute Gasteiger partial charge is 0.412 e. The Kier molecular flexibility index (Phi) is 9.41. The molecule has 4 nitrogen and oxygen atoms in total. The number of aliphatic imine (C=N–C) groups is 1. The van der Waals surface area contributed by atoms with Crippen molar-refractivity contribution in [1.29, 1.82) is 0 Å². The Morgan fingerprint density at radius 1 is 0.955 bits per heavy atom. The predicted octanol–water partition coefficient (Wildman–Crippen LogP) is 4.61. The first kappa shape index (κ1) is 21.5. The average molecular weight is 373 g/mol. The monoisotopic (exact) mass is 373 g/mol. The molecule has 0 bridgehead atoms. The van der Waals surface area contributed by atoms with Crippen molar-refractivity contribution in [3.8, 4) is 0 Å². The molecule has 0 aromatic carbocycles. The zero-order chi connectivity index (χ0) is 17.3. The maximum absolute atomic E-state index is 12.0. The molecule has 0 rings (SSSR count). The Morgan fingerprint density at radius 3 is 1.86 bits per heavy atom. The molecule has 0 atom stereocenters. The molecule has 12 heteroatoms. The number of halogens is 6. The van der Waals surface area contributed by atoms with E-state index in [0.29, 0.717) is 19.4 Å². The summed E-state index contributed by atoms with van der Waals surface area (Å²) >= 11 is 4.31. The Balaban J connectivity index is 4.44. The molecular formula is C10H14F6NO3PS. The molecule has 0 aliphatic carbocycles. The molecule has 0 aromatic rings. The molecule has 0 fully saturated rings. The van der Waals surface area contributed by atoms with E-state index in [-0.39, 0.29) is 6.42 Å². The van der Waals surface area contributed by atoms with Crippen molar-refractivity contribution in [1.82, 2.24) is 0 Å². The third-order valence-corrected chi connectivity index (χ3v) is 4.15. The lowest BCUT2D eigenvalue weighted by Crippen LogP contribution is -2.20. The zero-order valence-corrected chi connectivity index (χ0v) is 13.0. The van der Waals surface area contributed by atoms with Crippen LogP contribution in [-0.2, 0) is 13.6 Å². The van der Waals surface area contributed by atoms with Crippen LogP contribution in [0.5, 0.6) is 0 Å². The van der Waals surface area contributed by atoms with Gasteiger partial charge in [0.05, 0.1) is 11.3 Å². The van der Waals surface area contributed by atoms with Gasteiger partial charge in [0.2, 0.25) is 0 Å². The summed E-state index contributed by atoms with van der Waals surface area (Å²) in [6.45, 7) is -3.55. The molecule has 22 heavy (non-hydrogen) atoms. The molecule has 0 N–H and O–H groups in total. The van der Waals surface area contributed by atoms with Crippen molar-refractivity contribution < 1.29 is 40.0 Å². The SMILES string of the molecule is O=P(CCCCCN=C=S)(OCC(F)(F)F)OCC(F)(F)F. The average Bonchev–Trinajstić information content (AvgIpc) is 2.37. The molecule has 0 aliphatic heterocycles. The molecule has 0 heterocycles. The second-order valence-electron chi connectivity index (χ2n) is 4.15. The second kappa shape index (κ2) is 9.62. The van der Waals surface area contributed by atoms with E-state index in [1.807, 2.05) is 0 Å². The fourth-order valence-corrected chi connectivity index (χ4v) is 2.95. The number of isothiocyanates is 1. The summed E-state index contributed by atoms with van der Waals surface area (Å²) < 4.78 is 92.3. The smallest absolute Gasteiger partial charge is 0.299 e. The van der Waals surface area contributed by atoms with E-state index in [1.54, 1.807) is 0 Å². The van der Waals surface area contributed by atoms with E-state index in [4.69, 9.17) is 0 Å². The Morgan fingerprint density at radius 2 is 1.45 bits per heavy atom. The van der Waals surface area contributed by atoms with E-state index in [0.717, 1.165) is 0 Å². The number of hydrogen-bond donors (Lipinski definition) is 0. The highest BCUT2D eigenvalue weighted by molar-refractivity contribution is 7.78. The molecule has 0 saturated carbocycles. The lowest BCUT2D eigenvalue weighted by molar-refractivity contribution is -0.165. The van der Waals surface area contributed by atoms with Crippen molar-refractivity contribution in [2.24, 2.45) is 4.99 Å². The second-order valence-corrected chi connectivity index (χ2v) is 6.51. The predicted molar refractivity (Wildman–Crippen MR) is 70.2 cm³/mol. The number of unbranched alkanes of at least 4 members (excludes halogenated alkanes) is 2. The Bertz CT molecular complexity index is 400. The number of alkyl halides is 6. The molecule has 130 valence electrons. The van der Waals surface area contributed by atoms with Crippen LogP contribution < -0.4 is 0 Å². The van der Waals surface area contributed by atoms with Crippen molar-refractivity contribution in [3.05, 3.63) is 0 Å². The van der Waals surface area contributed by atoms with Gasteiger partial charge in [-0.1, -0.05) is 6.42 Å². The van der Waals surface area contributed by atoms with Crippen LogP contribution in [0, 0.1) is 0 Å². The van der Waals surface area contributed by atoms with Gasteiger partial charge >= 0.3 is 19.9 Å². The van der Waals surface area contributed by atoms with Gasteiger partial charge in [-0.2, -0.15) is 26.3 Å². The lowest BCUT2D eigenvalue weighted by atomic mass is 10.2. The summed E-state index contributed by atoms with van der Waals surface area (Å²) in [5.74, 6) is 0. The molecule has 0 aromatic heterocycles. The van der Waals surface area contributed by atoms with Crippen LogP contribution in [0.2, 0.25) is 0 Å². The highest BCUT2D eigenvalue weighted by Crippen LogP contribution is 2.51. The molecule has 0 unspecified atom stereocenters. The van der Waals surface area contributed by atoms with Crippen molar-refractivity contribution >= 4 is 25.0 Å². The van der Waals surface area contributed by atoms with Gasteiger partial charge in [0, 0.05) is 6.54 Å². The van der Waals surface area contributed by atoms with Crippen molar-refractivity contribution in [3.63, 3.8) is 0 Å². The van der Waals surface area contributed by atoms with Gasteiger partial charge in [-0.15, -0.1) is 0 Å². The van der Waals surface area contributed by atoms with E-state index >= 15 is 0 Å². The molecular weight excluding hydrogens is 359 g/mol. The van der Waals surface area contributed by atoms with Crippen LogP contribution >= 0.6 is 19.8 Å². The fourth-order valence-electron chi connectivity index (χ4n) is 1.23. The molecule has 0 spiro atoms. The van der Waals surface area contributed by atoms with Gasteiger partial charge in [-0.25, -0.2) is 4.99 Å². The van der Waals surface area contributed by atoms with Crippen LogP contribution in [0.25, 0.3) is 0 Å². The first-order chi connectivity index (χ1) is 9.97.